The van der Waals surface area contributed by atoms with Crippen LogP contribution in [0.1, 0.15) is 25.6 Å². The molecule has 1 aliphatic heterocycles. The Hall–Kier alpha value is -2.83. The van der Waals surface area contributed by atoms with Gasteiger partial charge in [0.25, 0.3) is 0 Å². The van der Waals surface area contributed by atoms with Gasteiger partial charge in [-0.2, -0.15) is 0 Å². The third-order valence-electron chi connectivity index (χ3n) is 5.07. The number of carbonyl (C=O) groups is 2. The van der Waals surface area contributed by atoms with Gasteiger partial charge in [-0.1, -0.05) is 0 Å². The molecule has 0 saturated carbocycles. The number of methoxy groups -OCH3 is 1. The molecule has 2 aromatic rings. The van der Waals surface area contributed by atoms with E-state index in [-0.39, 0.29) is 11.8 Å². The van der Waals surface area contributed by atoms with Gasteiger partial charge >= 0.3 is 0 Å². The third kappa shape index (κ3) is 4.13. The Kier molecular flexibility index (Phi) is 5.78. The fraction of sp³-hybridized carbons (Fsp3) is 0.450. The van der Waals surface area contributed by atoms with E-state index < -0.39 is 6.04 Å². The molecule has 7 heteroatoms. The van der Waals surface area contributed by atoms with Crippen molar-refractivity contribution in [1.82, 2.24) is 14.5 Å². The molecular weight excluding hydrogens is 344 g/mol. The van der Waals surface area contributed by atoms with Gasteiger partial charge in [0.05, 0.1) is 7.11 Å². The number of hydrogen-bond acceptors (Lipinski definition) is 4. The normalized spacial score (nSPS) is 17.3. The van der Waals surface area contributed by atoms with Crippen molar-refractivity contribution in [3.8, 4) is 5.75 Å². The van der Waals surface area contributed by atoms with Crippen LogP contribution < -0.4 is 9.64 Å². The summed E-state index contributed by atoms with van der Waals surface area (Å²) in [5, 5.41) is 0. The first-order valence-corrected chi connectivity index (χ1v) is 9.24. The number of piperazine rings is 1. The van der Waals surface area contributed by atoms with Gasteiger partial charge in [0, 0.05) is 44.1 Å². The summed E-state index contributed by atoms with van der Waals surface area (Å²) in [6.45, 7) is 5.55. The predicted molar refractivity (Wildman–Crippen MR) is 103 cm³/mol. The summed E-state index contributed by atoms with van der Waals surface area (Å²) < 4.78 is 7.19. The minimum atomic E-state index is -0.455. The Balaban J connectivity index is 1.56. The molecule has 0 spiro atoms. The number of aryl methyl sites for hydroxylation is 2. The second kappa shape index (κ2) is 8.24. The van der Waals surface area contributed by atoms with Gasteiger partial charge in [0.15, 0.2) is 0 Å². The Morgan fingerprint density at radius 3 is 2.63 bits per heavy atom. The van der Waals surface area contributed by atoms with Crippen molar-refractivity contribution in [2.45, 2.75) is 39.3 Å². The van der Waals surface area contributed by atoms with Crippen molar-refractivity contribution < 1.29 is 14.3 Å². The zero-order valence-corrected chi connectivity index (χ0v) is 16.1. The van der Waals surface area contributed by atoms with Crippen LogP contribution in [-0.4, -0.2) is 52.5 Å². The second-order valence-electron chi connectivity index (χ2n) is 6.72. The highest BCUT2D eigenvalue weighted by atomic mass is 16.5. The zero-order chi connectivity index (χ0) is 19.4. The largest absolute Gasteiger partial charge is 0.497 e. The Bertz CT molecular complexity index is 800. The lowest BCUT2D eigenvalue weighted by Crippen LogP contribution is -2.57. The number of carbonyl (C=O) groups excluding carboxylic acids is 2. The number of amides is 2. The number of imidazole rings is 1. The van der Waals surface area contributed by atoms with E-state index in [4.69, 9.17) is 4.74 Å². The molecule has 3 rings (SSSR count). The van der Waals surface area contributed by atoms with Gasteiger partial charge < -0.3 is 19.1 Å². The highest BCUT2D eigenvalue weighted by molar-refractivity contribution is 6.00. The van der Waals surface area contributed by atoms with Gasteiger partial charge in [0.1, 0.15) is 17.6 Å². The summed E-state index contributed by atoms with van der Waals surface area (Å²) >= 11 is 0. The number of ether oxygens (including phenoxy) is 1. The molecule has 7 nitrogen and oxygen atoms in total. The van der Waals surface area contributed by atoms with E-state index in [0.29, 0.717) is 19.5 Å². The number of nitrogens with zero attached hydrogens (tertiary/aromatic N) is 4. The van der Waals surface area contributed by atoms with E-state index in [1.165, 1.54) is 0 Å². The van der Waals surface area contributed by atoms with Crippen LogP contribution in [0.2, 0.25) is 0 Å². The fourth-order valence-corrected chi connectivity index (χ4v) is 3.41. The predicted octanol–water partition coefficient (Wildman–Crippen LogP) is 2.24. The van der Waals surface area contributed by atoms with Crippen LogP contribution in [0.25, 0.3) is 0 Å². The van der Waals surface area contributed by atoms with Crippen LogP contribution >= 0.6 is 0 Å². The van der Waals surface area contributed by atoms with Gasteiger partial charge in [-0.05, 0) is 44.5 Å². The number of aromatic nitrogens is 2. The summed E-state index contributed by atoms with van der Waals surface area (Å²) in [6.07, 6.45) is 4.84. The van der Waals surface area contributed by atoms with Crippen molar-refractivity contribution >= 4 is 17.5 Å². The van der Waals surface area contributed by atoms with Crippen LogP contribution in [0, 0.1) is 6.92 Å². The van der Waals surface area contributed by atoms with Crippen molar-refractivity contribution in [2.24, 2.45) is 0 Å². The van der Waals surface area contributed by atoms with Crippen LogP contribution in [0.5, 0.6) is 5.75 Å². The average molecular weight is 370 g/mol. The topological polar surface area (TPSA) is 67.7 Å². The van der Waals surface area contributed by atoms with Crippen LogP contribution in [0.15, 0.2) is 36.7 Å². The molecule has 1 aliphatic rings. The summed E-state index contributed by atoms with van der Waals surface area (Å²) in [7, 11) is 1.61. The first-order valence-electron chi connectivity index (χ1n) is 9.24. The number of benzene rings is 1. The lowest BCUT2D eigenvalue weighted by molar-refractivity contribution is -0.140. The van der Waals surface area contributed by atoms with Gasteiger partial charge in [0.2, 0.25) is 11.8 Å². The molecule has 1 atom stereocenters. The number of anilines is 1. The fourth-order valence-electron chi connectivity index (χ4n) is 3.41. The molecule has 1 aromatic carbocycles. The van der Waals surface area contributed by atoms with E-state index in [1.54, 1.807) is 30.0 Å². The molecule has 27 heavy (non-hydrogen) atoms. The molecule has 0 aliphatic carbocycles. The van der Waals surface area contributed by atoms with Crippen molar-refractivity contribution in [1.29, 1.82) is 0 Å². The van der Waals surface area contributed by atoms with Crippen LogP contribution in [0.4, 0.5) is 5.69 Å². The van der Waals surface area contributed by atoms with E-state index in [9.17, 15) is 9.59 Å². The molecule has 1 saturated heterocycles. The molecule has 1 aromatic heterocycles. The lowest BCUT2D eigenvalue weighted by Gasteiger charge is -2.39. The standard InChI is InChI=1S/C20H26N4O3/c1-15-20(26)24(17-6-8-18(27-3)9-7-17)14-13-23(15)19(25)5-4-11-22-12-10-21-16(22)2/h6-10,12,15H,4-5,11,13-14H2,1-3H3. The maximum atomic E-state index is 12.8. The molecule has 0 bridgehead atoms. The molecular formula is C20H26N4O3. The van der Waals surface area contributed by atoms with Gasteiger partial charge in [-0.15, -0.1) is 0 Å². The van der Waals surface area contributed by atoms with Crippen molar-refractivity contribution in [2.75, 3.05) is 25.1 Å². The summed E-state index contributed by atoms with van der Waals surface area (Å²) in [4.78, 5) is 33.0. The number of rotatable bonds is 6. The molecule has 1 unspecified atom stereocenters. The quantitative estimate of drug-likeness (QED) is 0.782. The van der Waals surface area contributed by atoms with Crippen molar-refractivity contribution in [3.05, 3.63) is 42.5 Å². The van der Waals surface area contributed by atoms with Crippen LogP contribution in [-0.2, 0) is 16.1 Å². The first-order chi connectivity index (χ1) is 13.0. The SMILES string of the molecule is COc1ccc(N2CCN(C(=O)CCCn3ccnc3C)C(C)C2=O)cc1. The highest BCUT2D eigenvalue weighted by Gasteiger charge is 2.34. The first kappa shape index (κ1) is 18.9. The summed E-state index contributed by atoms with van der Waals surface area (Å²) in [5.41, 5.74) is 0.829. The summed E-state index contributed by atoms with van der Waals surface area (Å²) in [6, 6.07) is 6.96. The Morgan fingerprint density at radius 2 is 2.00 bits per heavy atom. The van der Waals surface area contributed by atoms with E-state index in [2.05, 4.69) is 4.98 Å². The van der Waals surface area contributed by atoms with E-state index in [1.807, 2.05) is 42.0 Å². The van der Waals surface area contributed by atoms with Crippen LogP contribution in [0.3, 0.4) is 0 Å². The number of hydrogen-bond donors (Lipinski definition) is 0. The Morgan fingerprint density at radius 1 is 1.26 bits per heavy atom. The van der Waals surface area contributed by atoms with Gasteiger partial charge in [-0.25, -0.2) is 4.98 Å². The molecule has 0 N–H and O–H groups in total. The van der Waals surface area contributed by atoms with Crippen molar-refractivity contribution in [3.63, 3.8) is 0 Å². The molecule has 2 heterocycles. The molecule has 0 radical (unpaired) electrons. The minimum absolute atomic E-state index is 0.0306. The highest BCUT2D eigenvalue weighted by Crippen LogP contribution is 2.23. The Labute approximate surface area is 159 Å². The van der Waals surface area contributed by atoms with Gasteiger partial charge in [-0.3, -0.25) is 9.59 Å². The lowest BCUT2D eigenvalue weighted by atomic mass is 10.1. The minimum Gasteiger partial charge on any atom is -0.497 e. The van der Waals surface area contributed by atoms with E-state index in [0.717, 1.165) is 30.2 Å². The van der Waals surface area contributed by atoms with E-state index >= 15 is 0 Å². The maximum absolute atomic E-state index is 12.8. The second-order valence-corrected chi connectivity index (χ2v) is 6.72. The maximum Gasteiger partial charge on any atom is 0.249 e. The molecule has 2 amide bonds. The molecule has 144 valence electrons. The zero-order valence-electron chi connectivity index (χ0n) is 16.1. The third-order valence-corrected chi connectivity index (χ3v) is 5.07. The molecule has 1 fully saturated rings. The monoisotopic (exact) mass is 370 g/mol. The average Bonchev–Trinajstić information content (AvgIpc) is 3.09. The smallest absolute Gasteiger partial charge is 0.249 e. The summed E-state index contributed by atoms with van der Waals surface area (Å²) in [5.74, 6) is 1.67.